The zero-order valence-corrected chi connectivity index (χ0v) is 6.47. The number of hydrogen-bond acceptors (Lipinski definition) is 2. The number of halogens is 3. The molecular weight excluding hydrogens is 181 g/mol. The summed E-state index contributed by atoms with van der Waals surface area (Å²) in [6.07, 6.45) is -1.47. The van der Waals surface area contributed by atoms with Crippen LogP contribution in [0.25, 0.3) is 0 Å². The minimum Gasteiger partial charge on any atom is -0.261 e. The van der Waals surface area contributed by atoms with E-state index in [2.05, 4.69) is 4.98 Å². The maximum atomic E-state index is 12.9. The summed E-state index contributed by atoms with van der Waals surface area (Å²) in [6.45, 7) is 0. The Morgan fingerprint density at radius 2 is 2.15 bits per heavy atom. The van der Waals surface area contributed by atoms with Gasteiger partial charge in [-0.05, 0) is 0 Å². The Hall–Kier alpha value is -1.57. The molecule has 68 valence electrons. The third-order valence-corrected chi connectivity index (χ3v) is 1.53. The summed E-state index contributed by atoms with van der Waals surface area (Å²) in [5, 5.41) is 8.27. The van der Waals surface area contributed by atoms with Crippen LogP contribution in [0.2, 0.25) is 0 Å². The first-order valence-electron chi connectivity index (χ1n) is 3.44. The van der Waals surface area contributed by atoms with Gasteiger partial charge < -0.3 is 0 Å². The number of nitriles is 1. The fourth-order valence-electron chi connectivity index (χ4n) is 0.930. The molecule has 1 aromatic heterocycles. The molecule has 0 aromatic carbocycles. The van der Waals surface area contributed by atoms with Gasteiger partial charge in [-0.15, -0.1) is 0 Å². The molecular formula is C8H5F3N2. The van der Waals surface area contributed by atoms with Gasteiger partial charge >= 0.3 is 0 Å². The van der Waals surface area contributed by atoms with Gasteiger partial charge in [0.1, 0.15) is 5.82 Å². The number of pyridine rings is 1. The topological polar surface area (TPSA) is 36.7 Å². The molecule has 1 rings (SSSR count). The average molecular weight is 186 g/mol. The van der Waals surface area contributed by atoms with Crippen LogP contribution in [0, 0.1) is 17.1 Å². The summed E-state index contributed by atoms with van der Waals surface area (Å²) >= 11 is 0. The smallest absolute Gasteiger partial charge is 0.261 e. The number of hydrogen-bond donors (Lipinski definition) is 0. The molecule has 0 spiro atoms. The second-order valence-electron chi connectivity index (χ2n) is 2.32. The molecule has 0 saturated heterocycles. The van der Waals surface area contributed by atoms with E-state index < -0.39 is 17.8 Å². The molecule has 0 unspecified atom stereocenters. The van der Waals surface area contributed by atoms with Gasteiger partial charge in [0, 0.05) is 17.3 Å². The standard InChI is InChI=1S/C8H5F3N2/c9-7-4-13-3-6(8(10)11)5(7)1-2-12/h3-4,8H,1H2. The monoisotopic (exact) mass is 186 g/mol. The Morgan fingerprint density at radius 3 is 2.69 bits per heavy atom. The van der Waals surface area contributed by atoms with Crippen molar-refractivity contribution in [2.45, 2.75) is 12.8 Å². The van der Waals surface area contributed by atoms with Crippen LogP contribution >= 0.6 is 0 Å². The molecule has 0 aliphatic carbocycles. The average Bonchev–Trinajstić information content (AvgIpc) is 2.08. The summed E-state index contributed by atoms with van der Waals surface area (Å²) in [6, 6.07) is 1.62. The van der Waals surface area contributed by atoms with E-state index in [9.17, 15) is 13.2 Å². The molecule has 0 fully saturated rings. The Morgan fingerprint density at radius 1 is 1.46 bits per heavy atom. The highest BCUT2D eigenvalue weighted by Gasteiger charge is 2.16. The first-order chi connectivity index (χ1) is 6.16. The molecule has 0 aliphatic heterocycles. The van der Waals surface area contributed by atoms with Crippen molar-refractivity contribution >= 4 is 0 Å². The van der Waals surface area contributed by atoms with E-state index in [1.807, 2.05) is 0 Å². The van der Waals surface area contributed by atoms with Gasteiger partial charge in [-0.25, -0.2) is 13.2 Å². The zero-order valence-electron chi connectivity index (χ0n) is 6.47. The molecule has 1 heterocycles. The lowest BCUT2D eigenvalue weighted by Crippen LogP contribution is -1.99. The van der Waals surface area contributed by atoms with Crippen molar-refractivity contribution in [3.8, 4) is 6.07 Å². The lowest BCUT2D eigenvalue weighted by atomic mass is 10.1. The summed E-state index contributed by atoms with van der Waals surface area (Å²) in [5.74, 6) is -0.862. The van der Waals surface area contributed by atoms with Crippen molar-refractivity contribution in [3.63, 3.8) is 0 Å². The van der Waals surface area contributed by atoms with Crippen LogP contribution < -0.4 is 0 Å². The van der Waals surface area contributed by atoms with Crippen molar-refractivity contribution in [1.82, 2.24) is 4.98 Å². The first-order valence-corrected chi connectivity index (χ1v) is 3.44. The maximum absolute atomic E-state index is 12.9. The molecule has 0 atom stereocenters. The largest absolute Gasteiger partial charge is 0.265 e. The van der Waals surface area contributed by atoms with Crippen LogP contribution in [0.15, 0.2) is 12.4 Å². The number of nitrogens with zero attached hydrogens (tertiary/aromatic N) is 2. The fraction of sp³-hybridized carbons (Fsp3) is 0.250. The molecule has 0 amide bonds. The van der Waals surface area contributed by atoms with Crippen molar-refractivity contribution in [2.24, 2.45) is 0 Å². The van der Waals surface area contributed by atoms with Gasteiger partial charge in [0.25, 0.3) is 6.43 Å². The fourth-order valence-corrected chi connectivity index (χ4v) is 0.930. The molecule has 0 aliphatic rings. The lowest BCUT2D eigenvalue weighted by molar-refractivity contribution is 0.149. The van der Waals surface area contributed by atoms with Crippen LogP contribution in [0.5, 0.6) is 0 Å². The third kappa shape index (κ3) is 1.96. The van der Waals surface area contributed by atoms with Crippen molar-refractivity contribution in [3.05, 3.63) is 29.3 Å². The quantitative estimate of drug-likeness (QED) is 0.710. The van der Waals surface area contributed by atoms with E-state index in [4.69, 9.17) is 5.26 Å². The van der Waals surface area contributed by atoms with E-state index in [1.165, 1.54) is 0 Å². The van der Waals surface area contributed by atoms with Crippen LogP contribution in [-0.4, -0.2) is 4.98 Å². The molecule has 0 saturated carbocycles. The van der Waals surface area contributed by atoms with E-state index in [0.717, 1.165) is 12.4 Å². The van der Waals surface area contributed by atoms with Crippen molar-refractivity contribution in [2.75, 3.05) is 0 Å². The third-order valence-electron chi connectivity index (χ3n) is 1.53. The highest BCUT2D eigenvalue weighted by molar-refractivity contribution is 5.28. The highest BCUT2D eigenvalue weighted by Crippen LogP contribution is 2.23. The Kier molecular flexibility index (Phi) is 2.85. The maximum Gasteiger partial charge on any atom is 0.265 e. The van der Waals surface area contributed by atoms with E-state index in [0.29, 0.717) is 0 Å². The minimum absolute atomic E-state index is 0.271. The van der Waals surface area contributed by atoms with Gasteiger partial charge in [-0.3, -0.25) is 4.98 Å². The van der Waals surface area contributed by atoms with Crippen LogP contribution in [0.4, 0.5) is 13.2 Å². The van der Waals surface area contributed by atoms with Gasteiger partial charge in [-0.1, -0.05) is 0 Å². The van der Waals surface area contributed by atoms with Gasteiger partial charge in [0.15, 0.2) is 0 Å². The van der Waals surface area contributed by atoms with Crippen LogP contribution in [0.3, 0.4) is 0 Å². The molecule has 2 nitrogen and oxygen atoms in total. The Balaban J connectivity index is 3.19. The van der Waals surface area contributed by atoms with Gasteiger partial charge in [0.2, 0.25) is 0 Å². The Labute approximate surface area is 72.6 Å². The van der Waals surface area contributed by atoms with Gasteiger partial charge in [0.05, 0.1) is 18.7 Å². The minimum atomic E-state index is -2.80. The van der Waals surface area contributed by atoms with Crippen molar-refractivity contribution < 1.29 is 13.2 Å². The number of aromatic nitrogens is 1. The summed E-state index contributed by atoms with van der Waals surface area (Å²) < 4.78 is 37.3. The summed E-state index contributed by atoms with van der Waals surface area (Å²) in [7, 11) is 0. The van der Waals surface area contributed by atoms with Crippen LogP contribution in [-0.2, 0) is 6.42 Å². The normalized spacial score (nSPS) is 10.1. The molecule has 5 heteroatoms. The van der Waals surface area contributed by atoms with Gasteiger partial charge in [-0.2, -0.15) is 5.26 Å². The zero-order chi connectivity index (χ0) is 9.84. The lowest BCUT2D eigenvalue weighted by Gasteiger charge is -2.04. The van der Waals surface area contributed by atoms with E-state index in [-0.39, 0.29) is 12.0 Å². The summed E-state index contributed by atoms with van der Waals surface area (Å²) in [4.78, 5) is 3.28. The first kappa shape index (κ1) is 9.52. The molecule has 1 aromatic rings. The predicted molar refractivity (Wildman–Crippen MR) is 38.5 cm³/mol. The second kappa shape index (κ2) is 3.90. The number of alkyl halides is 2. The van der Waals surface area contributed by atoms with Crippen molar-refractivity contribution in [1.29, 1.82) is 5.26 Å². The summed E-state index contributed by atoms with van der Waals surface area (Å²) in [5.41, 5.74) is -0.783. The Bertz CT molecular complexity index is 344. The number of rotatable bonds is 2. The van der Waals surface area contributed by atoms with Crippen LogP contribution in [0.1, 0.15) is 17.6 Å². The molecule has 0 N–H and O–H groups in total. The predicted octanol–water partition coefficient (Wildman–Crippen LogP) is 2.22. The van der Waals surface area contributed by atoms with E-state index in [1.54, 1.807) is 6.07 Å². The SMILES string of the molecule is N#CCc1c(F)cncc1C(F)F. The molecule has 13 heavy (non-hydrogen) atoms. The van der Waals surface area contributed by atoms with E-state index >= 15 is 0 Å². The molecule has 0 radical (unpaired) electrons. The molecule has 0 bridgehead atoms. The second-order valence-corrected chi connectivity index (χ2v) is 2.32. The highest BCUT2D eigenvalue weighted by atomic mass is 19.3.